The Balaban J connectivity index is 1.92. The molecule has 0 spiro atoms. The van der Waals surface area contributed by atoms with Crippen LogP contribution in [0.1, 0.15) is 22.5 Å². The number of benzene rings is 1. The van der Waals surface area contributed by atoms with Gasteiger partial charge in [-0.2, -0.15) is 13.2 Å². The average Bonchev–Trinajstić information content (AvgIpc) is 2.97. The smallest absolute Gasteiger partial charge is 0.416 e. The second kappa shape index (κ2) is 7.51. The molecule has 27 heavy (non-hydrogen) atoms. The van der Waals surface area contributed by atoms with Crippen LogP contribution < -0.4 is 0 Å². The topological polar surface area (TPSA) is 63.8 Å². The quantitative estimate of drug-likeness (QED) is 0.712. The molecular weight excluding hydrogens is 361 g/mol. The maximum atomic E-state index is 12.6. The molecule has 1 N–H and O–H groups in total. The van der Waals surface area contributed by atoms with Crippen LogP contribution >= 0.6 is 0 Å². The molecule has 0 aliphatic rings. The number of alkyl halides is 3. The first kappa shape index (κ1) is 18.5. The van der Waals surface area contributed by atoms with E-state index in [9.17, 15) is 18.0 Å². The van der Waals surface area contributed by atoms with Gasteiger partial charge in [-0.25, -0.2) is 9.78 Å². The molecule has 0 atom stereocenters. The van der Waals surface area contributed by atoms with Crippen molar-refractivity contribution in [3.8, 4) is 11.8 Å². The number of imidazole rings is 1. The largest absolute Gasteiger partial charge is 0.480 e. The Hall–Kier alpha value is -3.31. The van der Waals surface area contributed by atoms with Crippen molar-refractivity contribution < 1.29 is 27.8 Å². The van der Waals surface area contributed by atoms with Crippen molar-refractivity contribution in [2.24, 2.45) is 0 Å². The van der Waals surface area contributed by atoms with Crippen LogP contribution in [-0.4, -0.2) is 27.1 Å². The van der Waals surface area contributed by atoms with Crippen LogP contribution in [0.2, 0.25) is 0 Å². The van der Waals surface area contributed by atoms with Crippen molar-refractivity contribution in [2.75, 3.05) is 6.61 Å². The Morgan fingerprint density at radius 2 is 1.89 bits per heavy atom. The molecule has 2 heterocycles. The Kier molecular flexibility index (Phi) is 5.14. The zero-order valence-corrected chi connectivity index (χ0v) is 13.8. The fourth-order valence-electron chi connectivity index (χ4n) is 2.39. The zero-order chi connectivity index (χ0) is 19.4. The first-order valence-electron chi connectivity index (χ1n) is 7.79. The lowest BCUT2D eigenvalue weighted by molar-refractivity contribution is -0.142. The van der Waals surface area contributed by atoms with Gasteiger partial charge in [0.15, 0.2) is 0 Å². The summed E-state index contributed by atoms with van der Waals surface area (Å²) >= 11 is 0. The van der Waals surface area contributed by atoms with E-state index in [0.29, 0.717) is 22.6 Å². The van der Waals surface area contributed by atoms with Gasteiger partial charge in [0, 0.05) is 11.8 Å². The predicted molar refractivity (Wildman–Crippen MR) is 89.9 cm³/mol. The lowest BCUT2D eigenvalue weighted by Crippen LogP contribution is -2.07. The van der Waals surface area contributed by atoms with Gasteiger partial charge >= 0.3 is 12.1 Å². The standard InChI is InChI=1S/C19H13F3N2O3/c20-19(21,22)14-7-4-13(5-8-14)6-9-16-15(11-27-12-18(25)26)23-17-3-1-2-10-24(16)17/h1-5,7-8,10H,11-12H2,(H,25,26). The summed E-state index contributed by atoms with van der Waals surface area (Å²) in [6.07, 6.45) is -2.66. The molecule has 0 radical (unpaired) electrons. The lowest BCUT2D eigenvalue weighted by Gasteiger charge is -2.05. The van der Waals surface area contributed by atoms with Crippen molar-refractivity contribution >= 4 is 11.6 Å². The van der Waals surface area contributed by atoms with Crippen molar-refractivity contribution in [2.45, 2.75) is 12.8 Å². The molecule has 2 aromatic heterocycles. The minimum absolute atomic E-state index is 0.0506. The third-order valence-electron chi connectivity index (χ3n) is 3.60. The van der Waals surface area contributed by atoms with Crippen molar-refractivity contribution in [3.63, 3.8) is 0 Å². The summed E-state index contributed by atoms with van der Waals surface area (Å²) in [4.78, 5) is 15.0. The summed E-state index contributed by atoms with van der Waals surface area (Å²) in [6.45, 7) is -0.523. The fourth-order valence-corrected chi connectivity index (χ4v) is 2.39. The SMILES string of the molecule is O=C(O)COCc1nc2ccccn2c1C#Cc1ccc(C(F)(F)F)cc1. The number of ether oxygens (including phenoxy) is 1. The number of hydrogen-bond donors (Lipinski definition) is 1. The van der Waals surface area contributed by atoms with Crippen LogP contribution in [0.3, 0.4) is 0 Å². The highest BCUT2D eigenvalue weighted by molar-refractivity contribution is 5.68. The van der Waals surface area contributed by atoms with Gasteiger partial charge in [-0.3, -0.25) is 4.40 Å². The summed E-state index contributed by atoms with van der Waals surface area (Å²) in [5, 5.41) is 8.67. The van der Waals surface area contributed by atoms with Gasteiger partial charge in [-0.15, -0.1) is 0 Å². The van der Waals surface area contributed by atoms with Crippen molar-refractivity contribution in [3.05, 3.63) is 71.2 Å². The number of fused-ring (bicyclic) bond motifs is 1. The summed E-state index contributed by atoms with van der Waals surface area (Å²) < 4.78 is 44.7. The summed E-state index contributed by atoms with van der Waals surface area (Å²) in [7, 11) is 0. The molecule has 5 nitrogen and oxygen atoms in total. The van der Waals surface area contributed by atoms with E-state index in [0.717, 1.165) is 12.1 Å². The summed E-state index contributed by atoms with van der Waals surface area (Å²) in [5.74, 6) is 4.60. The molecule has 0 unspecified atom stereocenters. The molecule has 3 aromatic rings. The highest BCUT2D eigenvalue weighted by atomic mass is 19.4. The van der Waals surface area contributed by atoms with Gasteiger partial charge in [-0.05, 0) is 42.3 Å². The van der Waals surface area contributed by atoms with Crippen LogP contribution in [0.5, 0.6) is 0 Å². The van der Waals surface area contributed by atoms with Gasteiger partial charge in [0.1, 0.15) is 23.6 Å². The van der Waals surface area contributed by atoms with Crippen molar-refractivity contribution in [1.82, 2.24) is 9.38 Å². The van der Waals surface area contributed by atoms with Gasteiger partial charge in [0.05, 0.1) is 12.2 Å². The van der Waals surface area contributed by atoms with E-state index in [2.05, 4.69) is 16.8 Å². The number of pyridine rings is 1. The first-order valence-corrected chi connectivity index (χ1v) is 7.79. The number of aromatic nitrogens is 2. The molecule has 0 saturated carbocycles. The molecule has 0 fully saturated rings. The first-order chi connectivity index (χ1) is 12.8. The Bertz CT molecular complexity index is 1030. The van der Waals surface area contributed by atoms with E-state index in [1.165, 1.54) is 12.1 Å². The second-order valence-electron chi connectivity index (χ2n) is 5.55. The molecule has 3 rings (SSSR count). The maximum absolute atomic E-state index is 12.6. The number of carboxylic acids is 1. The van der Waals surface area contributed by atoms with Gasteiger partial charge in [-0.1, -0.05) is 12.0 Å². The monoisotopic (exact) mass is 374 g/mol. The van der Waals surface area contributed by atoms with Crippen LogP contribution in [0.4, 0.5) is 13.2 Å². The number of carboxylic acid groups (broad SMARTS) is 1. The van der Waals surface area contributed by atoms with E-state index in [-0.39, 0.29) is 6.61 Å². The zero-order valence-electron chi connectivity index (χ0n) is 13.8. The van der Waals surface area contributed by atoms with E-state index >= 15 is 0 Å². The van der Waals surface area contributed by atoms with Crippen LogP contribution in [0, 0.1) is 11.8 Å². The Morgan fingerprint density at radius 1 is 1.15 bits per heavy atom. The Labute approximate surface area is 152 Å². The van der Waals surface area contributed by atoms with Crippen LogP contribution in [-0.2, 0) is 22.3 Å². The summed E-state index contributed by atoms with van der Waals surface area (Å²) in [5.41, 5.74) is 1.19. The second-order valence-corrected chi connectivity index (χ2v) is 5.55. The minimum Gasteiger partial charge on any atom is -0.480 e. The third-order valence-corrected chi connectivity index (χ3v) is 3.60. The molecule has 0 amide bonds. The molecule has 1 aromatic carbocycles. The molecular formula is C19H13F3N2O3. The molecule has 0 saturated heterocycles. The third kappa shape index (κ3) is 4.46. The number of hydrogen-bond acceptors (Lipinski definition) is 3. The molecule has 0 aliphatic heterocycles. The van der Waals surface area contributed by atoms with Gasteiger partial charge < -0.3 is 9.84 Å². The van der Waals surface area contributed by atoms with Gasteiger partial charge in [0.2, 0.25) is 0 Å². The van der Waals surface area contributed by atoms with Crippen LogP contribution in [0.15, 0.2) is 48.7 Å². The predicted octanol–water partition coefficient (Wildman–Crippen LogP) is 3.35. The minimum atomic E-state index is -4.40. The molecule has 8 heteroatoms. The number of carbonyl (C=O) groups is 1. The average molecular weight is 374 g/mol. The highest BCUT2D eigenvalue weighted by Gasteiger charge is 2.29. The molecule has 0 aliphatic carbocycles. The van der Waals surface area contributed by atoms with E-state index in [1.54, 1.807) is 28.8 Å². The molecule has 0 bridgehead atoms. The number of nitrogens with zero attached hydrogens (tertiary/aromatic N) is 2. The van der Waals surface area contributed by atoms with E-state index < -0.39 is 24.3 Å². The number of rotatable bonds is 4. The number of halogens is 3. The maximum Gasteiger partial charge on any atom is 0.416 e. The highest BCUT2D eigenvalue weighted by Crippen LogP contribution is 2.29. The van der Waals surface area contributed by atoms with Crippen LogP contribution in [0.25, 0.3) is 5.65 Å². The Morgan fingerprint density at radius 3 is 2.56 bits per heavy atom. The van der Waals surface area contributed by atoms with Gasteiger partial charge in [0.25, 0.3) is 0 Å². The fraction of sp³-hybridized carbons (Fsp3) is 0.158. The lowest BCUT2D eigenvalue weighted by atomic mass is 10.1. The normalized spacial score (nSPS) is 11.2. The number of aliphatic carboxylic acids is 1. The van der Waals surface area contributed by atoms with Crippen molar-refractivity contribution in [1.29, 1.82) is 0 Å². The summed E-state index contributed by atoms with van der Waals surface area (Å²) in [6, 6.07) is 9.84. The van der Waals surface area contributed by atoms with E-state index in [4.69, 9.17) is 9.84 Å². The molecule has 138 valence electrons. The van der Waals surface area contributed by atoms with E-state index in [1.807, 2.05) is 0 Å².